The predicted molar refractivity (Wildman–Crippen MR) is 129 cm³/mol. The summed E-state index contributed by atoms with van der Waals surface area (Å²) in [5.74, 6) is 2.24. The first-order chi connectivity index (χ1) is 16.0. The Balaban J connectivity index is 1.45. The van der Waals surface area contributed by atoms with E-state index in [0.29, 0.717) is 0 Å². The molecule has 0 unspecified atom stereocenters. The maximum Gasteiger partial charge on any atom is 0.265 e. The first-order valence-electron chi connectivity index (χ1n) is 10.2. The molecule has 10 heteroatoms. The molecule has 1 aliphatic heterocycles. The second-order valence-corrected chi connectivity index (χ2v) is 10.1. The summed E-state index contributed by atoms with van der Waals surface area (Å²) in [6.07, 6.45) is 3.18. The van der Waals surface area contributed by atoms with Crippen LogP contribution in [0.3, 0.4) is 0 Å². The molecular weight excluding hydrogens is 460 g/mol. The molecule has 0 atom stereocenters. The number of anilines is 1. The van der Waals surface area contributed by atoms with Crippen LogP contribution in [0.4, 0.5) is 5.82 Å². The van der Waals surface area contributed by atoms with Crippen LogP contribution in [0.15, 0.2) is 89.0 Å². The van der Waals surface area contributed by atoms with Crippen molar-refractivity contribution in [1.29, 1.82) is 0 Å². The Morgan fingerprint density at radius 1 is 1.12 bits per heavy atom. The molecule has 0 spiro atoms. The monoisotopic (exact) mass is 482 g/mol. The van der Waals surface area contributed by atoms with Gasteiger partial charge in [-0.15, -0.1) is 0 Å². The Hall–Kier alpha value is -3.37. The van der Waals surface area contributed by atoms with Crippen molar-refractivity contribution in [1.82, 2.24) is 10.4 Å². The van der Waals surface area contributed by atoms with Crippen molar-refractivity contribution in [2.24, 2.45) is 5.10 Å². The van der Waals surface area contributed by atoms with Gasteiger partial charge in [-0.2, -0.15) is 16.9 Å². The molecular formula is C23H22N4O4S2. The summed E-state index contributed by atoms with van der Waals surface area (Å²) in [6.45, 7) is -0.478. The third-order valence-corrected chi connectivity index (χ3v) is 7.67. The van der Waals surface area contributed by atoms with E-state index in [9.17, 15) is 13.2 Å². The lowest BCUT2D eigenvalue weighted by atomic mass is 10.2. The first-order valence-corrected chi connectivity index (χ1v) is 12.8. The van der Waals surface area contributed by atoms with Gasteiger partial charge in [0.2, 0.25) is 0 Å². The minimum Gasteiger partial charge on any atom is -0.489 e. The Morgan fingerprint density at radius 3 is 2.61 bits per heavy atom. The molecule has 1 saturated heterocycles. The van der Waals surface area contributed by atoms with Crippen LogP contribution >= 0.6 is 11.8 Å². The number of carbonyl (C=O) groups excluding carboxylic acids is 1. The van der Waals surface area contributed by atoms with Crippen molar-refractivity contribution >= 4 is 39.7 Å². The summed E-state index contributed by atoms with van der Waals surface area (Å²) in [7, 11) is -4.00. The summed E-state index contributed by atoms with van der Waals surface area (Å²) in [6, 6.07) is 20.1. The quantitative estimate of drug-likeness (QED) is 0.372. The maximum absolute atomic E-state index is 13.2. The largest absolute Gasteiger partial charge is 0.489 e. The molecule has 3 aromatic rings. The Kier molecular flexibility index (Phi) is 7.26. The number of nitrogens with zero attached hydrogens (tertiary/aromatic N) is 3. The second-order valence-electron chi connectivity index (χ2n) is 7.16. The third kappa shape index (κ3) is 5.91. The average Bonchev–Trinajstić information content (AvgIpc) is 2.81. The molecule has 0 aliphatic carbocycles. The molecule has 1 fully saturated rings. The van der Waals surface area contributed by atoms with E-state index in [1.54, 1.807) is 30.3 Å². The van der Waals surface area contributed by atoms with E-state index < -0.39 is 22.5 Å². The van der Waals surface area contributed by atoms with Crippen molar-refractivity contribution < 1.29 is 17.9 Å². The highest BCUT2D eigenvalue weighted by Gasteiger charge is 2.27. The van der Waals surface area contributed by atoms with Gasteiger partial charge >= 0.3 is 0 Å². The molecule has 1 amide bonds. The number of amides is 1. The van der Waals surface area contributed by atoms with Crippen LogP contribution in [-0.2, 0) is 14.8 Å². The van der Waals surface area contributed by atoms with E-state index in [0.717, 1.165) is 27.1 Å². The average molecular weight is 483 g/mol. The Bertz CT molecular complexity index is 1220. The fraction of sp³-hybridized carbons (Fsp3) is 0.174. The highest BCUT2D eigenvalue weighted by atomic mass is 32.2. The van der Waals surface area contributed by atoms with Gasteiger partial charge in [0, 0.05) is 17.7 Å². The molecule has 4 rings (SSSR count). The van der Waals surface area contributed by atoms with Gasteiger partial charge in [0.15, 0.2) is 0 Å². The van der Waals surface area contributed by atoms with Crippen molar-refractivity contribution in [2.45, 2.75) is 11.0 Å². The standard InChI is InChI=1S/C23H22N4O4S2/c28-23(26-25-14-18-7-6-8-19(13-18)31-20-16-32-17-20)15-27(22-11-4-5-12-24-22)33(29,30)21-9-2-1-3-10-21/h1-14,20H,15-17H2,(H,26,28)/b25-14-. The number of rotatable bonds is 9. The third-order valence-electron chi connectivity index (χ3n) is 4.69. The van der Waals surface area contributed by atoms with E-state index in [4.69, 9.17) is 4.74 Å². The van der Waals surface area contributed by atoms with Crippen molar-refractivity contribution in [2.75, 3.05) is 22.4 Å². The van der Waals surface area contributed by atoms with Crippen LogP contribution in [0, 0.1) is 0 Å². The Morgan fingerprint density at radius 2 is 1.91 bits per heavy atom. The van der Waals surface area contributed by atoms with Crippen LogP contribution in [0.5, 0.6) is 5.75 Å². The van der Waals surface area contributed by atoms with E-state index in [1.165, 1.54) is 30.6 Å². The molecule has 1 aromatic heterocycles. The molecule has 170 valence electrons. The highest BCUT2D eigenvalue weighted by Crippen LogP contribution is 2.24. The van der Waals surface area contributed by atoms with Crippen molar-refractivity contribution in [3.8, 4) is 5.75 Å². The molecule has 33 heavy (non-hydrogen) atoms. The fourth-order valence-corrected chi connectivity index (χ4v) is 4.96. The zero-order valence-corrected chi connectivity index (χ0v) is 19.2. The summed E-state index contributed by atoms with van der Waals surface area (Å²) in [5.41, 5.74) is 3.14. The Labute approximate surface area is 196 Å². The molecule has 1 aliphatic rings. The van der Waals surface area contributed by atoms with Gasteiger partial charge in [0.1, 0.15) is 24.2 Å². The maximum atomic E-state index is 13.2. The van der Waals surface area contributed by atoms with Crippen molar-refractivity contribution in [3.63, 3.8) is 0 Å². The molecule has 0 bridgehead atoms. The van der Waals surface area contributed by atoms with E-state index >= 15 is 0 Å². The molecule has 0 radical (unpaired) electrons. The van der Waals surface area contributed by atoms with Gasteiger partial charge in [0.25, 0.3) is 15.9 Å². The van der Waals surface area contributed by atoms with Crippen LogP contribution < -0.4 is 14.5 Å². The van der Waals surface area contributed by atoms with Crippen LogP contribution in [0.1, 0.15) is 5.56 Å². The fourth-order valence-electron chi connectivity index (χ4n) is 3.00. The summed E-state index contributed by atoms with van der Waals surface area (Å²) >= 11 is 1.84. The second kappa shape index (κ2) is 10.5. The molecule has 8 nitrogen and oxygen atoms in total. The number of aromatic nitrogens is 1. The molecule has 2 aromatic carbocycles. The number of hydrazone groups is 1. The summed E-state index contributed by atoms with van der Waals surface area (Å²) < 4.78 is 33.1. The first kappa shape index (κ1) is 22.8. The van der Waals surface area contributed by atoms with Gasteiger partial charge in [-0.1, -0.05) is 36.4 Å². The minimum absolute atomic E-state index is 0.0635. The number of nitrogens with one attached hydrogen (secondary N) is 1. The van der Waals surface area contributed by atoms with E-state index in [2.05, 4.69) is 15.5 Å². The van der Waals surface area contributed by atoms with Gasteiger partial charge in [-0.25, -0.2) is 23.1 Å². The van der Waals surface area contributed by atoms with Crippen LogP contribution in [0.2, 0.25) is 0 Å². The van der Waals surface area contributed by atoms with E-state index in [-0.39, 0.29) is 16.8 Å². The SMILES string of the molecule is O=C(CN(c1ccccn1)S(=O)(=O)c1ccccc1)N/N=C\c1cccc(OC2CSC2)c1. The summed E-state index contributed by atoms with van der Waals surface area (Å²) in [5, 5.41) is 3.97. The number of hydrogen-bond donors (Lipinski definition) is 1. The number of pyridine rings is 1. The predicted octanol–water partition coefficient (Wildman–Crippen LogP) is 2.92. The zero-order valence-electron chi connectivity index (χ0n) is 17.6. The lowest BCUT2D eigenvalue weighted by Crippen LogP contribution is -2.40. The van der Waals surface area contributed by atoms with E-state index in [1.807, 2.05) is 36.0 Å². The van der Waals surface area contributed by atoms with Gasteiger partial charge in [-0.05, 0) is 42.0 Å². The topological polar surface area (TPSA) is 101 Å². The highest BCUT2D eigenvalue weighted by molar-refractivity contribution is 8.00. The lowest BCUT2D eigenvalue weighted by molar-refractivity contribution is -0.119. The molecule has 0 saturated carbocycles. The molecule has 1 N–H and O–H groups in total. The van der Waals surface area contributed by atoms with Gasteiger partial charge in [0.05, 0.1) is 11.1 Å². The molecule has 2 heterocycles. The normalized spacial score (nSPS) is 13.9. The van der Waals surface area contributed by atoms with Crippen LogP contribution in [0.25, 0.3) is 0 Å². The smallest absolute Gasteiger partial charge is 0.265 e. The number of carbonyl (C=O) groups is 1. The summed E-state index contributed by atoms with van der Waals surface area (Å²) in [4.78, 5) is 16.7. The number of benzene rings is 2. The lowest BCUT2D eigenvalue weighted by Gasteiger charge is -2.25. The van der Waals surface area contributed by atoms with Crippen molar-refractivity contribution in [3.05, 3.63) is 84.6 Å². The number of ether oxygens (including phenoxy) is 1. The van der Waals surface area contributed by atoms with Gasteiger partial charge in [-0.3, -0.25) is 4.79 Å². The minimum atomic E-state index is -4.00. The zero-order chi connectivity index (χ0) is 23.1. The number of hydrogen-bond acceptors (Lipinski definition) is 7. The van der Waals surface area contributed by atoms with Crippen LogP contribution in [-0.4, -0.2) is 49.7 Å². The van der Waals surface area contributed by atoms with Gasteiger partial charge < -0.3 is 4.74 Å². The number of thioether (sulfide) groups is 1. The number of sulfonamides is 1.